The van der Waals surface area contributed by atoms with E-state index < -0.39 is 30.4 Å². The Labute approximate surface area is 211 Å². The fourth-order valence-corrected chi connectivity index (χ4v) is 3.45. The molecule has 1 aromatic heterocycles. The summed E-state index contributed by atoms with van der Waals surface area (Å²) in [7, 11) is 2.84. The van der Waals surface area contributed by atoms with Crippen molar-refractivity contribution in [1.29, 1.82) is 0 Å². The van der Waals surface area contributed by atoms with Gasteiger partial charge in [-0.05, 0) is 39.2 Å². The molecule has 1 aromatic carbocycles. The zero-order chi connectivity index (χ0) is 26.5. The number of nitrogens with zero attached hydrogens (tertiary/aromatic N) is 1. The van der Waals surface area contributed by atoms with Crippen LogP contribution in [-0.4, -0.2) is 62.5 Å². The Balaban J connectivity index is 2.10. The van der Waals surface area contributed by atoms with Gasteiger partial charge in [-0.25, -0.2) is 14.6 Å². The van der Waals surface area contributed by atoms with E-state index in [0.29, 0.717) is 12.8 Å². The number of carbonyl (C=O) groups excluding carboxylic acids is 3. The Morgan fingerprint density at radius 1 is 1.06 bits per heavy atom. The number of methoxy groups -OCH3 is 2. The lowest BCUT2D eigenvalue weighted by molar-refractivity contribution is -0.151. The summed E-state index contributed by atoms with van der Waals surface area (Å²) in [6.45, 7) is 5.04. The van der Waals surface area contributed by atoms with E-state index in [9.17, 15) is 14.4 Å². The Hall–Kier alpha value is -3.66. The van der Waals surface area contributed by atoms with Crippen LogP contribution in [0.25, 0.3) is 0 Å². The van der Waals surface area contributed by atoms with Gasteiger partial charge >= 0.3 is 12.1 Å². The normalized spacial score (nSPS) is 13.3. The Bertz CT molecular complexity index is 983. The van der Waals surface area contributed by atoms with E-state index in [1.807, 2.05) is 30.3 Å². The van der Waals surface area contributed by atoms with Gasteiger partial charge in [-0.15, -0.1) is 0 Å². The SMILES string of the molecule is COC[C@H](Nc1nccc(OC)c1OC(=O)OC(C)C)C(=O)OC(C)CC(C=O)Cc1ccccc1. The smallest absolute Gasteiger partial charge is 0.493 e. The molecule has 10 nitrogen and oxygen atoms in total. The molecule has 0 aliphatic rings. The molecule has 2 rings (SSSR count). The third kappa shape index (κ3) is 9.18. The molecule has 1 N–H and O–H groups in total. The van der Waals surface area contributed by atoms with E-state index in [1.54, 1.807) is 20.8 Å². The quantitative estimate of drug-likeness (QED) is 0.301. The maximum Gasteiger partial charge on any atom is 0.514 e. The summed E-state index contributed by atoms with van der Waals surface area (Å²) in [5.74, 6) is -0.695. The second-order valence-electron chi connectivity index (χ2n) is 8.43. The van der Waals surface area contributed by atoms with E-state index in [-0.39, 0.29) is 29.8 Å². The Kier molecular flexibility index (Phi) is 11.6. The molecular weight excluding hydrogens is 468 g/mol. The average Bonchev–Trinajstić information content (AvgIpc) is 2.84. The Morgan fingerprint density at radius 2 is 1.78 bits per heavy atom. The molecule has 2 aromatic rings. The minimum Gasteiger partial charge on any atom is -0.493 e. The fourth-order valence-electron chi connectivity index (χ4n) is 3.45. The van der Waals surface area contributed by atoms with Crippen LogP contribution >= 0.6 is 0 Å². The molecule has 10 heteroatoms. The number of aromatic nitrogens is 1. The first-order valence-electron chi connectivity index (χ1n) is 11.6. The van der Waals surface area contributed by atoms with Crippen molar-refractivity contribution in [3.8, 4) is 11.5 Å². The number of aldehydes is 1. The van der Waals surface area contributed by atoms with Crippen molar-refractivity contribution in [1.82, 2.24) is 4.98 Å². The fraction of sp³-hybridized carbons (Fsp3) is 0.462. The van der Waals surface area contributed by atoms with Crippen molar-refractivity contribution in [3.63, 3.8) is 0 Å². The number of rotatable bonds is 14. The highest BCUT2D eigenvalue weighted by molar-refractivity contribution is 5.81. The molecule has 2 unspecified atom stereocenters. The summed E-state index contributed by atoms with van der Waals surface area (Å²) in [6.07, 6.45) is 1.33. The second-order valence-corrected chi connectivity index (χ2v) is 8.43. The number of ether oxygens (including phenoxy) is 5. The van der Waals surface area contributed by atoms with Crippen molar-refractivity contribution in [2.24, 2.45) is 5.92 Å². The standard InChI is InChI=1S/C26H34N2O8/c1-17(2)34-26(31)36-23-22(33-5)11-12-27-24(23)28-21(16-32-4)25(30)35-18(3)13-20(15-29)14-19-9-7-6-8-10-19/h6-12,15,17-18,20-21H,13-14,16H2,1-5H3,(H,27,28)/t18?,20?,21-/m0/s1. The van der Waals surface area contributed by atoms with Crippen LogP contribution < -0.4 is 14.8 Å². The largest absolute Gasteiger partial charge is 0.514 e. The maximum atomic E-state index is 13.0. The summed E-state index contributed by atoms with van der Waals surface area (Å²) < 4.78 is 26.4. The number of benzene rings is 1. The van der Waals surface area contributed by atoms with E-state index in [0.717, 1.165) is 11.8 Å². The third-order valence-electron chi connectivity index (χ3n) is 5.02. The van der Waals surface area contributed by atoms with Crippen LogP contribution in [0.5, 0.6) is 11.5 Å². The van der Waals surface area contributed by atoms with Crippen LogP contribution in [0.2, 0.25) is 0 Å². The van der Waals surface area contributed by atoms with Gasteiger partial charge in [-0.2, -0.15) is 0 Å². The monoisotopic (exact) mass is 502 g/mol. The van der Waals surface area contributed by atoms with Crippen molar-refractivity contribution < 1.29 is 38.1 Å². The predicted molar refractivity (Wildman–Crippen MR) is 132 cm³/mol. The lowest BCUT2D eigenvalue weighted by atomic mass is 9.95. The number of anilines is 1. The number of nitrogens with one attached hydrogen (secondary N) is 1. The van der Waals surface area contributed by atoms with Gasteiger partial charge in [0.15, 0.2) is 11.6 Å². The van der Waals surface area contributed by atoms with Crippen LogP contribution in [0.1, 0.15) is 32.8 Å². The van der Waals surface area contributed by atoms with E-state index >= 15 is 0 Å². The van der Waals surface area contributed by atoms with E-state index in [1.165, 1.54) is 26.5 Å². The Morgan fingerprint density at radius 3 is 2.39 bits per heavy atom. The number of hydrogen-bond donors (Lipinski definition) is 1. The summed E-state index contributed by atoms with van der Waals surface area (Å²) in [5, 5.41) is 2.90. The molecule has 0 bridgehead atoms. The van der Waals surface area contributed by atoms with Gasteiger partial charge in [0.1, 0.15) is 12.3 Å². The van der Waals surface area contributed by atoms with Gasteiger partial charge in [0.2, 0.25) is 5.75 Å². The molecule has 0 aliphatic heterocycles. The topological polar surface area (TPSA) is 122 Å². The van der Waals surface area contributed by atoms with Gasteiger partial charge in [-0.3, -0.25) is 0 Å². The van der Waals surface area contributed by atoms with Crippen LogP contribution in [0.3, 0.4) is 0 Å². The van der Waals surface area contributed by atoms with E-state index in [4.69, 9.17) is 23.7 Å². The lowest BCUT2D eigenvalue weighted by Crippen LogP contribution is -2.38. The molecule has 196 valence electrons. The highest BCUT2D eigenvalue weighted by Gasteiger charge is 2.27. The third-order valence-corrected chi connectivity index (χ3v) is 5.02. The molecule has 0 saturated carbocycles. The number of esters is 1. The summed E-state index contributed by atoms with van der Waals surface area (Å²) in [4.78, 5) is 40.9. The summed E-state index contributed by atoms with van der Waals surface area (Å²) >= 11 is 0. The van der Waals surface area contributed by atoms with Gasteiger partial charge in [0, 0.05) is 25.3 Å². The van der Waals surface area contributed by atoms with Crippen LogP contribution in [0.15, 0.2) is 42.6 Å². The van der Waals surface area contributed by atoms with Crippen LogP contribution in [-0.2, 0) is 30.2 Å². The zero-order valence-corrected chi connectivity index (χ0v) is 21.3. The molecule has 0 fully saturated rings. The molecule has 0 aliphatic carbocycles. The van der Waals surface area contributed by atoms with Gasteiger partial charge in [0.25, 0.3) is 0 Å². The van der Waals surface area contributed by atoms with Crippen LogP contribution in [0.4, 0.5) is 10.6 Å². The molecule has 0 radical (unpaired) electrons. The number of hydrogen-bond acceptors (Lipinski definition) is 10. The highest BCUT2D eigenvalue weighted by Crippen LogP contribution is 2.34. The lowest BCUT2D eigenvalue weighted by Gasteiger charge is -2.23. The minimum atomic E-state index is -0.982. The molecule has 36 heavy (non-hydrogen) atoms. The highest BCUT2D eigenvalue weighted by atomic mass is 16.7. The van der Waals surface area contributed by atoms with Crippen LogP contribution in [0, 0.1) is 5.92 Å². The number of pyridine rings is 1. The molecule has 0 saturated heterocycles. The van der Waals surface area contributed by atoms with Crippen molar-refractivity contribution >= 4 is 24.2 Å². The van der Waals surface area contributed by atoms with E-state index in [2.05, 4.69) is 10.3 Å². The number of carbonyl (C=O) groups is 3. The minimum absolute atomic E-state index is 0.0449. The molecule has 0 spiro atoms. The first kappa shape index (κ1) is 28.6. The zero-order valence-electron chi connectivity index (χ0n) is 21.3. The maximum absolute atomic E-state index is 13.0. The average molecular weight is 503 g/mol. The second kappa shape index (κ2) is 14.7. The first-order chi connectivity index (χ1) is 17.3. The van der Waals surface area contributed by atoms with Crippen molar-refractivity contribution in [2.75, 3.05) is 26.1 Å². The predicted octanol–water partition coefficient (Wildman–Crippen LogP) is 3.82. The van der Waals surface area contributed by atoms with Crippen molar-refractivity contribution in [2.45, 2.75) is 51.9 Å². The van der Waals surface area contributed by atoms with Gasteiger partial charge < -0.3 is 33.8 Å². The molecule has 0 amide bonds. The van der Waals surface area contributed by atoms with Gasteiger partial charge in [0.05, 0.1) is 25.9 Å². The van der Waals surface area contributed by atoms with Gasteiger partial charge in [-0.1, -0.05) is 30.3 Å². The summed E-state index contributed by atoms with van der Waals surface area (Å²) in [5.41, 5.74) is 1.03. The van der Waals surface area contributed by atoms with Crippen molar-refractivity contribution in [3.05, 3.63) is 48.2 Å². The molecule has 1 heterocycles. The molecule has 3 atom stereocenters. The molecular formula is C26H34N2O8. The first-order valence-corrected chi connectivity index (χ1v) is 11.6. The summed E-state index contributed by atoms with van der Waals surface area (Å²) in [6, 6.07) is 10.1.